The lowest BCUT2D eigenvalue weighted by Crippen LogP contribution is -2.15. The van der Waals surface area contributed by atoms with Crippen LogP contribution in [0.3, 0.4) is 0 Å². The Hall–Kier alpha value is -3.00. The first-order valence-corrected chi connectivity index (χ1v) is 11.9. The standard InChI is InChI=1S/C24H26N4O3S/c1-15-5-3-6-19(16(15)2)25-22(29)14-32-24-27-26-23(28(24)18-8-9-18)17-7-10-20-21(13-17)31-12-4-11-30-20/h3,5-7,10,13,18H,4,8-9,11-12,14H2,1-2H3,(H,25,29). The van der Waals surface area contributed by atoms with Crippen LogP contribution in [0.5, 0.6) is 11.5 Å². The minimum Gasteiger partial charge on any atom is -0.490 e. The molecule has 2 aromatic carbocycles. The molecule has 0 bridgehead atoms. The van der Waals surface area contributed by atoms with Gasteiger partial charge in [0.05, 0.1) is 19.0 Å². The summed E-state index contributed by atoms with van der Waals surface area (Å²) in [5.74, 6) is 2.54. The highest BCUT2D eigenvalue weighted by atomic mass is 32.2. The SMILES string of the molecule is Cc1cccc(NC(=O)CSc2nnc(-c3ccc4c(c3)OCCCO4)n2C2CC2)c1C. The van der Waals surface area contributed by atoms with Gasteiger partial charge >= 0.3 is 0 Å². The van der Waals surface area contributed by atoms with E-state index in [0.717, 1.165) is 64.1 Å². The van der Waals surface area contributed by atoms with Crippen LogP contribution in [0.15, 0.2) is 41.6 Å². The maximum Gasteiger partial charge on any atom is 0.234 e. The Labute approximate surface area is 191 Å². The number of hydrogen-bond donors (Lipinski definition) is 1. The maximum absolute atomic E-state index is 12.6. The van der Waals surface area contributed by atoms with Crippen molar-refractivity contribution in [2.24, 2.45) is 0 Å². The molecule has 0 spiro atoms. The number of aromatic nitrogens is 3. The van der Waals surface area contributed by atoms with Crippen molar-refractivity contribution in [2.45, 2.75) is 44.3 Å². The number of thioether (sulfide) groups is 1. The summed E-state index contributed by atoms with van der Waals surface area (Å²) in [6.07, 6.45) is 3.06. The number of carbonyl (C=O) groups excluding carboxylic acids is 1. The normalized spacial score (nSPS) is 15.3. The summed E-state index contributed by atoms with van der Waals surface area (Å²) in [5, 5.41) is 12.7. The average molecular weight is 451 g/mol. The van der Waals surface area contributed by atoms with Gasteiger partial charge in [0, 0.05) is 23.7 Å². The molecule has 2 heterocycles. The van der Waals surface area contributed by atoms with E-state index in [1.807, 2.05) is 50.2 Å². The Morgan fingerprint density at radius 2 is 1.94 bits per heavy atom. The van der Waals surface area contributed by atoms with Crippen LogP contribution in [-0.2, 0) is 4.79 Å². The Morgan fingerprint density at radius 1 is 1.12 bits per heavy atom. The van der Waals surface area contributed by atoms with Gasteiger partial charge in [-0.1, -0.05) is 23.9 Å². The topological polar surface area (TPSA) is 78.3 Å². The van der Waals surface area contributed by atoms with Gasteiger partial charge in [-0.2, -0.15) is 0 Å². The third-order valence-electron chi connectivity index (χ3n) is 5.79. The second-order valence-corrected chi connectivity index (χ2v) is 9.15. The van der Waals surface area contributed by atoms with Gasteiger partial charge in [-0.05, 0) is 62.1 Å². The molecular weight excluding hydrogens is 424 g/mol. The van der Waals surface area contributed by atoms with Gasteiger partial charge < -0.3 is 14.8 Å². The van der Waals surface area contributed by atoms with E-state index < -0.39 is 0 Å². The number of ether oxygens (including phenoxy) is 2. The number of amides is 1. The summed E-state index contributed by atoms with van der Waals surface area (Å²) < 4.78 is 13.8. The first-order valence-electron chi connectivity index (χ1n) is 10.9. The molecule has 1 aliphatic carbocycles. The van der Waals surface area contributed by atoms with E-state index >= 15 is 0 Å². The molecule has 1 aromatic heterocycles. The van der Waals surface area contributed by atoms with Gasteiger partial charge in [-0.15, -0.1) is 10.2 Å². The number of aryl methyl sites for hydroxylation is 1. The van der Waals surface area contributed by atoms with E-state index in [2.05, 4.69) is 20.1 Å². The van der Waals surface area contributed by atoms with Crippen LogP contribution < -0.4 is 14.8 Å². The van der Waals surface area contributed by atoms with E-state index in [9.17, 15) is 4.79 Å². The van der Waals surface area contributed by atoms with Crippen LogP contribution in [0.4, 0.5) is 5.69 Å². The van der Waals surface area contributed by atoms with Crippen molar-refractivity contribution in [3.63, 3.8) is 0 Å². The van der Waals surface area contributed by atoms with Gasteiger partial charge in [-0.3, -0.25) is 9.36 Å². The largest absolute Gasteiger partial charge is 0.490 e. The van der Waals surface area contributed by atoms with Crippen LogP contribution in [0.25, 0.3) is 11.4 Å². The molecule has 1 aliphatic heterocycles. The number of benzene rings is 2. The summed E-state index contributed by atoms with van der Waals surface area (Å²) in [6, 6.07) is 12.2. The zero-order chi connectivity index (χ0) is 22.1. The predicted octanol–water partition coefficient (Wildman–Crippen LogP) is 4.79. The van der Waals surface area contributed by atoms with Crippen LogP contribution >= 0.6 is 11.8 Å². The molecule has 8 heteroatoms. The molecule has 1 saturated carbocycles. The third-order valence-corrected chi connectivity index (χ3v) is 6.74. The molecule has 32 heavy (non-hydrogen) atoms. The highest BCUT2D eigenvalue weighted by Crippen LogP contribution is 2.42. The van der Waals surface area contributed by atoms with Crippen LogP contribution in [0.1, 0.15) is 36.4 Å². The number of anilines is 1. The van der Waals surface area contributed by atoms with E-state index in [1.165, 1.54) is 11.8 Å². The van der Waals surface area contributed by atoms with Crippen molar-refractivity contribution in [2.75, 3.05) is 24.3 Å². The zero-order valence-electron chi connectivity index (χ0n) is 18.3. The summed E-state index contributed by atoms with van der Waals surface area (Å²) in [7, 11) is 0. The predicted molar refractivity (Wildman–Crippen MR) is 125 cm³/mol. The third kappa shape index (κ3) is 4.32. The fourth-order valence-electron chi connectivity index (χ4n) is 3.74. The molecule has 0 radical (unpaired) electrons. The van der Waals surface area contributed by atoms with Crippen molar-refractivity contribution < 1.29 is 14.3 Å². The summed E-state index contributed by atoms with van der Waals surface area (Å²) in [4.78, 5) is 12.6. The van der Waals surface area contributed by atoms with Crippen LogP contribution in [-0.4, -0.2) is 39.6 Å². The Morgan fingerprint density at radius 3 is 2.75 bits per heavy atom. The second-order valence-electron chi connectivity index (χ2n) is 8.20. The van der Waals surface area contributed by atoms with Crippen molar-refractivity contribution in [1.29, 1.82) is 0 Å². The average Bonchev–Trinajstić information content (AvgIpc) is 3.58. The number of nitrogens with zero attached hydrogens (tertiary/aromatic N) is 3. The highest BCUT2D eigenvalue weighted by Gasteiger charge is 2.30. The molecule has 0 saturated heterocycles. The molecular formula is C24H26N4O3S. The Bertz CT molecular complexity index is 1160. The monoisotopic (exact) mass is 450 g/mol. The zero-order valence-corrected chi connectivity index (χ0v) is 19.1. The number of nitrogens with one attached hydrogen (secondary N) is 1. The number of rotatable bonds is 6. The van der Waals surface area contributed by atoms with Crippen LogP contribution in [0, 0.1) is 13.8 Å². The van der Waals surface area contributed by atoms with E-state index in [0.29, 0.717) is 19.3 Å². The molecule has 0 unspecified atom stereocenters. The van der Waals surface area contributed by atoms with Gasteiger partial charge in [0.2, 0.25) is 5.91 Å². The van der Waals surface area contributed by atoms with Crippen molar-refractivity contribution in [3.05, 3.63) is 47.5 Å². The first-order chi connectivity index (χ1) is 15.6. The molecule has 166 valence electrons. The lowest BCUT2D eigenvalue weighted by molar-refractivity contribution is -0.113. The fourth-order valence-corrected chi connectivity index (χ4v) is 4.54. The fraction of sp³-hybridized carbons (Fsp3) is 0.375. The lowest BCUT2D eigenvalue weighted by atomic mass is 10.1. The molecule has 1 amide bonds. The molecule has 0 atom stereocenters. The minimum atomic E-state index is -0.0498. The van der Waals surface area contributed by atoms with Crippen molar-refractivity contribution in [1.82, 2.24) is 14.8 Å². The summed E-state index contributed by atoms with van der Waals surface area (Å²) in [6.45, 7) is 5.36. The number of fused-ring (bicyclic) bond motifs is 1. The summed E-state index contributed by atoms with van der Waals surface area (Å²) >= 11 is 1.42. The quantitative estimate of drug-likeness (QED) is 0.544. The van der Waals surface area contributed by atoms with E-state index in [1.54, 1.807) is 0 Å². The van der Waals surface area contributed by atoms with Gasteiger partial charge in [-0.25, -0.2) is 0 Å². The van der Waals surface area contributed by atoms with E-state index in [-0.39, 0.29) is 11.7 Å². The Balaban J connectivity index is 1.33. The number of hydrogen-bond acceptors (Lipinski definition) is 6. The minimum absolute atomic E-state index is 0.0498. The lowest BCUT2D eigenvalue weighted by Gasteiger charge is -2.12. The molecule has 3 aromatic rings. The maximum atomic E-state index is 12.6. The Kier molecular flexibility index (Phi) is 5.78. The number of carbonyl (C=O) groups is 1. The van der Waals surface area contributed by atoms with Gasteiger partial charge in [0.15, 0.2) is 22.5 Å². The summed E-state index contributed by atoms with van der Waals surface area (Å²) in [5.41, 5.74) is 4.04. The molecule has 7 nitrogen and oxygen atoms in total. The van der Waals surface area contributed by atoms with Crippen molar-refractivity contribution in [3.8, 4) is 22.9 Å². The molecule has 1 N–H and O–H groups in total. The van der Waals surface area contributed by atoms with Gasteiger partial charge in [0.1, 0.15) is 0 Å². The van der Waals surface area contributed by atoms with Gasteiger partial charge in [0.25, 0.3) is 0 Å². The molecule has 5 rings (SSSR count). The molecule has 1 fully saturated rings. The van der Waals surface area contributed by atoms with Crippen molar-refractivity contribution >= 4 is 23.4 Å². The second kappa shape index (κ2) is 8.86. The smallest absolute Gasteiger partial charge is 0.234 e. The highest BCUT2D eigenvalue weighted by molar-refractivity contribution is 7.99. The first kappa shape index (κ1) is 20.9. The molecule has 2 aliphatic rings. The van der Waals surface area contributed by atoms with Crippen LogP contribution in [0.2, 0.25) is 0 Å². The van der Waals surface area contributed by atoms with E-state index in [4.69, 9.17) is 9.47 Å².